The van der Waals surface area contributed by atoms with Gasteiger partial charge in [0.25, 0.3) is 10.1 Å². The zero-order chi connectivity index (χ0) is 39.0. The summed E-state index contributed by atoms with van der Waals surface area (Å²) in [5.41, 5.74) is 5.23. The number of aromatic hydroxyl groups is 1. The van der Waals surface area contributed by atoms with Crippen LogP contribution < -0.4 is 4.18 Å². The molecule has 54 heavy (non-hydrogen) atoms. The lowest BCUT2D eigenvalue weighted by atomic mass is 9.96. The average molecular weight is 788 g/mol. The zero-order valence-corrected chi connectivity index (χ0v) is 31.1. The van der Waals surface area contributed by atoms with E-state index in [0.29, 0.717) is 17.1 Å². The standard InChI is InChI=1S/C37H30N4O10S3/c1-22-4-12-30(13-5-22)54(49,50)51-29-10-6-26(7-11-29)38-39-27-8-15-32(23(2)18-27)33-16-9-28(19-24(33)3)40-41-36-35(53(46,47)48)21-25-20-31(52(43,44)45)14-17-34(25)37(36)42/h4-21,42H,1-3H3,(H,43,44,45)(H,46,47,48)/p+1. The van der Waals surface area contributed by atoms with Gasteiger partial charge in [0.1, 0.15) is 10.6 Å². The summed E-state index contributed by atoms with van der Waals surface area (Å²) in [4.78, 5) is -1.18. The minimum atomic E-state index is -4.71. The smallest absolute Gasteiger partial charge is 0.411 e. The molecule has 0 aliphatic carbocycles. The van der Waals surface area contributed by atoms with Gasteiger partial charge in [-0.15, -0.1) is 13.5 Å². The van der Waals surface area contributed by atoms with E-state index < -0.39 is 51.6 Å². The molecule has 0 bridgehead atoms. The first kappa shape index (κ1) is 37.9. The fourth-order valence-corrected chi connectivity index (χ4v) is 7.61. The summed E-state index contributed by atoms with van der Waals surface area (Å²) in [6.45, 7) is 5.61. The van der Waals surface area contributed by atoms with E-state index in [4.69, 9.17) is 8.74 Å². The molecular weight excluding hydrogens is 757 g/mol. The van der Waals surface area contributed by atoms with Crippen LogP contribution in [-0.2, 0) is 30.4 Å². The Labute approximate surface area is 310 Å². The maximum absolute atomic E-state index is 12.6. The van der Waals surface area contributed by atoms with Crippen LogP contribution in [0.5, 0.6) is 11.5 Å². The molecule has 0 spiro atoms. The average Bonchev–Trinajstić information content (AvgIpc) is 3.10. The van der Waals surface area contributed by atoms with Gasteiger partial charge in [-0.2, -0.15) is 32.2 Å². The van der Waals surface area contributed by atoms with Gasteiger partial charge < -0.3 is 13.8 Å². The first-order valence-corrected chi connectivity index (χ1v) is 20.2. The Morgan fingerprint density at radius 1 is 0.593 bits per heavy atom. The molecule has 0 saturated heterocycles. The molecule has 276 valence electrons. The van der Waals surface area contributed by atoms with Crippen molar-refractivity contribution in [3.8, 4) is 22.6 Å². The summed E-state index contributed by atoms with van der Waals surface area (Å²) in [6, 6.07) is 27.3. The molecule has 0 amide bonds. The van der Waals surface area contributed by atoms with Gasteiger partial charge in [0.2, 0.25) is 0 Å². The van der Waals surface area contributed by atoms with Crippen LogP contribution in [0.15, 0.2) is 144 Å². The number of benzene rings is 6. The summed E-state index contributed by atoms with van der Waals surface area (Å²) in [6.07, 6.45) is 0. The third-order valence-corrected chi connectivity index (χ3v) is 11.2. The molecule has 0 unspecified atom stereocenters. The lowest BCUT2D eigenvalue weighted by Gasteiger charge is -2.11. The van der Waals surface area contributed by atoms with E-state index in [1.165, 1.54) is 30.3 Å². The number of hydrogen-bond acceptors (Lipinski definition) is 12. The lowest BCUT2D eigenvalue weighted by molar-refractivity contribution is 0.472. The first-order chi connectivity index (χ1) is 25.4. The van der Waals surface area contributed by atoms with Gasteiger partial charge in [0.05, 0.1) is 22.0 Å². The number of aryl methyl sites for hydroxylation is 3. The van der Waals surface area contributed by atoms with Gasteiger partial charge >= 0.3 is 20.2 Å². The van der Waals surface area contributed by atoms with Gasteiger partial charge in [0.15, 0.2) is 16.3 Å². The van der Waals surface area contributed by atoms with E-state index in [9.17, 15) is 34.9 Å². The molecule has 0 radical (unpaired) electrons. The quantitative estimate of drug-likeness (QED) is 0.0587. The number of hydrogen-bond donors (Lipinski definition) is 2. The maximum Gasteiger partial charge on any atom is 0.411 e. The van der Waals surface area contributed by atoms with Crippen molar-refractivity contribution < 1.29 is 43.6 Å². The minimum absolute atomic E-state index is 0.0310. The Balaban J connectivity index is 1.19. The highest BCUT2D eigenvalue weighted by Gasteiger charge is 2.26. The molecule has 6 rings (SSSR count). The van der Waals surface area contributed by atoms with Crippen molar-refractivity contribution in [3.63, 3.8) is 0 Å². The van der Waals surface area contributed by atoms with Crippen molar-refractivity contribution in [2.24, 2.45) is 20.5 Å². The van der Waals surface area contributed by atoms with Crippen LogP contribution in [0.25, 0.3) is 21.9 Å². The molecule has 0 aliphatic rings. The summed E-state index contributed by atoms with van der Waals surface area (Å²) < 4.78 is 95.2. The number of nitrogens with zero attached hydrogens (tertiary/aromatic N) is 4. The lowest BCUT2D eigenvalue weighted by Crippen LogP contribution is -2.09. The van der Waals surface area contributed by atoms with Gasteiger partial charge in [-0.1, -0.05) is 29.8 Å². The van der Waals surface area contributed by atoms with Crippen LogP contribution >= 0.6 is 0 Å². The Morgan fingerprint density at radius 3 is 1.65 bits per heavy atom. The number of phenolic OH excluding ortho intramolecular Hbond substituents is 1. The van der Waals surface area contributed by atoms with Crippen molar-refractivity contribution in [2.75, 3.05) is 0 Å². The highest BCUT2D eigenvalue weighted by molar-refractivity contribution is 7.87. The van der Waals surface area contributed by atoms with Gasteiger partial charge in [-0.3, -0.25) is 4.55 Å². The van der Waals surface area contributed by atoms with Crippen LogP contribution in [0.1, 0.15) is 16.7 Å². The second kappa shape index (κ2) is 14.5. The Hall–Kier alpha value is -5.85. The largest absolute Gasteiger partial charge is 0.505 e. The van der Waals surface area contributed by atoms with Gasteiger partial charge in [0, 0.05) is 5.39 Å². The monoisotopic (exact) mass is 787 g/mol. The predicted octanol–water partition coefficient (Wildman–Crippen LogP) is 8.40. The maximum atomic E-state index is 12.6. The third-order valence-electron chi connectivity index (χ3n) is 8.22. The van der Waals surface area contributed by atoms with Crippen LogP contribution in [0.2, 0.25) is 0 Å². The summed E-state index contributed by atoms with van der Waals surface area (Å²) in [7, 11) is -13.3. The van der Waals surface area contributed by atoms with Crippen molar-refractivity contribution >= 4 is 63.9 Å². The van der Waals surface area contributed by atoms with Crippen LogP contribution in [0.4, 0.5) is 22.7 Å². The molecule has 4 N–H and O–H groups in total. The molecule has 14 nitrogen and oxygen atoms in total. The highest BCUT2D eigenvalue weighted by Crippen LogP contribution is 2.42. The van der Waals surface area contributed by atoms with E-state index in [1.807, 2.05) is 32.9 Å². The molecule has 17 heteroatoms. The van der Waals surface area contributed by atoms with Crippen molar-refractivity contribution in [2.45, 2.75) is 35.5 Å². The second-order valence-electron chi connectivity index (χ2n) is 12.2. The minimum Gasteiger partial charge on any atom is -0.505 e. The Morgan fingerprint density at radius 2 is 1.11 bits per heavy atom. The first-order valence-electron chi connectivity index (χ1n) is 15.8. The number of fused-ring (bicyclic) bond motifs is 1. The molecule has 0 fully saturated rings. The van der Waals surface area contributed by atoms with E-state index >= 15 is 0 Å². The summed E-state index contributed by atoms with van der Waals surface area (Å²) in [5, 5.41) is 27.5. The van der Waals surface area contributed by atoms with Crippen molar-refractivity contribution in [3.05, 3.63) is 126 Å². The highest BCUT2D eigenvalue weighted by atomic mass is 32.2. The van der Waals surface area contributed by atoms with E-state index in [1.54, 1.807) is 48.5 Å². The van der Waals surface area contributed by atoms with E-state index in [-0.39, 0.29) is 21.4 Å². The Kier molecular flexibility index (Phi) is 10.2. The fourth-order valence-electron chi connectivity index (χ4n) is 5.49. The fraction of sp³-hybridized carbons (Fsp3) is 0.0811. The molecule has 0 aliphatic heterocycles. The number of rotatable bonds is 10. The van der Waals surface area contributed by atoms with E-state index in [2.05, 4.69) is 20.5 Å². The normalized spacial score (nSPS) is 12.5. The molecule has 6 aromatic carbocycles. The molecule has 6 aromatic rings. The predicted molar refractivity (Wildman–Crippen MR) is 201 cm³/mol. The molecule has 0 atom stereocenters. The van der Waals surface area contributed by atoms with Gasteiger partial charge in [-0.25, -0.2) is 0 Å². The van der Waals surface area contributed by atoms with E-state index in [0.717, 1.165) is 46.0 Å². The third kappa shape index (κ3) is 8.35. The SMILES string of the molecule is Cc1ccc(S(=O)(=O)Oc2ccc(N=Nc3ccc(-c4ccc(N=Nc5c(S(=O)(=O)[OH2+])cc6cc(S(=O)(=O)O)ccc6c5O)cc4C)c(C)c3)cc2)cc1. The Bertz CT molecular complexity index is 2840. The van der Waals surface area contributed by atoms with Crippen LogP contribution in [0, 0.1) is 20.8 Å². The van der Waals surface area contributed by atoms with Crippen LogP contribution in [0.3, 0.4) is 0 Å². The molecular formula is C37H31N4O10S3+. The zero-order valence-electron chi connectivity index (χ0n) is 28.7. The summed E-state index contributed by atoms with van der Waals surface area (Å²) >= 11 is 0. The van der Waals surface area contributed by atoms with Gasteiger partial charge in [-0.05, 0) is 133 Å². The summed E-state index contributed by atoms with van der Waals surface area (Å²) in [5.74, 6) is -0.505. The molecule has 0 heterocycles. The second-order valence-corrected chi connectivity index (χ2v) is 16.6. The number of phenols is 1. The van der Waals surface area contributed by atoms with Crippen LogP contribution in [-0.4, -0.2) is 39.5 Å². The molecule has 0 aromatic heterocycles. The molecule has 0 saturated carbocycles. The topological polar surface area (TPSA) is 224 Å². The number of azo groups is 2. The van der Waals surface area contributed by atoms with Crippen molar-refractivity contribution in [1.29, 1.82) is 0 Å². The van der Waals surface area contributed by atoms with Crippen molar-refractivity contribution in [1.82, 2.24) is 0 Å².